The van der Waals surface area contributed by atoms with Gasteiger partial charge >= 0.3 is 0 Å². The summed E-state index contributed by atoms with van der Waals surface area (Å²) >= 11 is 4.48. The van der Waals surface area contributed by atoms with Crippen LogP contribution in [-0.4, -0.2) is 13.3 Å². The number of alkyl halides is 2. The van der Waals surface area contributed by atoms with Crippen LogP contribution in [0.1, 0.15) is 19.3 Å². The minimum absolute atomic E-state index is 0.355. The molecule has 0 N–H and O–H groups in total. The molecule has 0 aromatic carbocycles. The van der Waals surface area contributed by atoms with Crippen molar-refractivity contribution >= 4 is 51.2 Å². The van der Waals surface area contributed by atoms with Gasteiger partial charge in [-0.15, -0.1) is 0 Å². The highest BCUT2D eigenvalue weighted by molar-refractivity contribution is 14.1. The van der Waals surface area contributed by atoms with Gasteiger partial charge in [0.25, 0.3) is 0 Å². The summed E-state index contributed by atoms with van der Waals surface area (Å²) in [7, 11) is 0. The second-order valence-electron chi connectivity index (χ2n) is 3.81. The minimum atomic E-state index is -0.850. The number of hydrogen-bond donors (Lipinski definition) is 0. The Morgan fingerprint density at radius 3 is 2.50 bits per heavy atom. The molecule has 2 bridgehead atoms. The van der Waals surface area contributed by atoms with E-state index in [9.17, 15) is 9.90 Å². The van der Waals surface area contributed by atoms with Crippen molar-refractivity contribution in [3.8, 4) is 0 Å². The molecule has 2 saturated carbocycles. The van der Waals surface area contributed by atoms with Gasteiger partial charge in [-0.05, 0) is 31.1 Å². The lowest BCUT2D eigenvalue weighted by Gasteiger charge is -2.35. The van der Waals surface area contributed by atoms with Crippen LogP contribution < -0.4 is 5.11 Å². The lowest BCUT2D eigenvalue weighted by Crippen LogP contribution is -2.49. The minimum Gasteiger partial charge on any atom is -0.549 e. The van der Waals surface area contributed by atoms with E-state index < -0.39 is 9.39 Å². The van der Waals surface area contributed by atoms with Crippen LogP contribution in [0.25, 0.3) is 0 Å². The second-order valence-corrected chi connectivity index (χ2v) is 7.34. The number of halogens is 2. The quantitative estimate of drug-likeness (QED) is 0.497. The molecule has 2 nitrogen and oxygen atoms in total. The molecule has 68 valence electrons. The van der Waals surface area contributed by atoms with Crippen LogP contribution in [-0.2, 0) is 4.79 Å². The number of hydrogen-bond acceptors (Lipinski definition) is 2. The van der Waals surface area contributed by atoms with Crippen molar-refractivity contribution in [1.29, 1.82) is 0 Å². The monoisotopic (exact) mass is 391 g/mol. The van der Waals surface area contributed by atoms with Crippen LogP contribution >= 0.6 is 45.2 Å². The number of carboxylic acid groups (broad SMARTS) is 1. The van der Waals surface area contributed by atoms with E-state index in [2.05, 4.69) is 45.2 Å². The summed E-state index contributed by atoms with van der Waals surface area (Å²) in [5, 5.41) is 10.9. The van der Waals surface area contributed by atoms with E-state index in [1.54, 1.807) is 0 Å². The highest BCUT2D eigenvalue weighted by Crippen LogP contribution is 2.57. The molecule has 2 fully saturated rings. The van der Waals surface area contributed by atoms with Crippen molar-refractivity contribution < 1.29 is 9.90 Å². The van der Waals surface area contributed by atoms with Gasteiger partial charge in [-0.3, -0.25) is 0 Å². The van der Waals surface area contributed by atoms with Crippen LogP contribution in [0.3, 0.4) is 0 Å². The van der Waals surface area contributed by atoms with Crippen LogP contribution in [0.15, 0.2) is 0 Å². The highest BCUT2D eigenvalue weighted by atomic mass is 127. The smallest absolute Gasteiger partial charge is 0.0656 e. The van der Waals surface area contributed by atoms with Gasteiger partial charge in [0.15, 0.2) is 0 Å². The van der Waals surface area contributed by atoms with Crippen molar-refractivity contribution in [2.75, 3.05) is 0 Å². The Morgan fingerprint density at radius 2 is 2.17 bits per heavy atom. The first-order chi connectivity index (χ1) is 5.54. The van der Waals surface area contributed by atoms with Crippen molar-refractivity contribution in [3.63, 3.8) is 0 Å². The Hall–Kier alpha value is 0.930. The topological polar surface area (TPSA) is 40.1 Å². The van der Waals surface area contributed by atoms with E-state index in [1.807, 2.05) is 0 Å². The molecular weight excluding hydrogens is 382 g/mol. The molecule has 2 aliphatic rings. The molecule has 0 spiro atoms. The van der Waals surface area contributed by atoms with Gasteiger partial charge in [0, 0.05) is 3.92 Å². The lowest BCUT2D eigenvalue weighted by atomic mass is 9.89. The molecule has 4 atom stereocenters. The van der Waals surface area contributed by atoms with Gasteiger partial charge < -0.3 is 9.90 Å². The first-order valence-corrected chi connectivity index (χ1v) is 6.41. The first kappa shape index (κ1) is 9.48. The van der Waals surface area contributed by atoms with Crippen LogP contribution in [0.2, 0.25) is 0 Å². The second kappa shape index (κ2) is 2.96. The van der Waals surface area contributed by atoms with Gasteiger partial charge in [-0.2, -0.15) is 0 Å². The largest absolute Gasteiger partial charge is 0.549 e. The summed E-state index contributed by atoms with van der Waals surface area (Å²) in [4.78, 5) is 10.9. The van der Waals surface area contributed by atoms with Gasteiger partial charge in [-0.25, -0.2) is 0 Å². The zero-order valence-corrected chi connectivity index (χ0v) is 10.7. The SMILES string of the molecule is O=C([O-])C1(I)CC2CC(I)C1C2. The predicted molar refractivity (Wildman–Crippen MR) is 60.4 cm³/mol. The normalized spacial score (nSPS) is 51.3. The summed E-state index contributed by atoms with van der Waals surface area (Å²) in [6.07, 6.45) is 3.15. The first-order valence-electron chi connectivity index (χ1n) is 4.08. The van der Waals surface area contributed by atoms with Crippen LogP contribution in [0.4, 0.5) is 0 Å². The number of carbonyl (C=O) groups is 1. The third-order valence-electron chi connectivity index (χ3n) is 3.10. The third kappa shape index (κ3) is 1.20. The zero-order chi connectivity index (χ0) is 8.93. The Labute approximate surface area is 98.8 Å². The summed E-state index contributed by atoms with van der Waals surface area (Å²) in [5.41, 5.74) is 0. The van der Waals surface area contributed by atoms with Gasteiger partial charge in [0.2, 0.25) is 0 Å². The number of rotatable bonds is 1. The summed E-state index contributed by atoms with van der Waals surface area (Å²) in [6.45, 7) is 0. The molecule has 0 aromatic heterocycles. The molecule has 4 unspecified atom stereocenters. The third-order valence-corrected chi connectivity index (χ3v) is 6.15. The van der Waals surface area contributed by atoms with E-state index >= 15 is 0 Å². The number of fused-ring (bicyclic) bond motifs is 2. The maximum atomic E-state index is 10.9. The van der Waals surface area contributed by atoms with E-state index in [1.165, 1.54) is 6.42 Å². The van der Waals surface area contributed by atoms with Crippen molar-refractivity contribution in [2.45, 2.75) is 26.6 Å². The lowest BCUT2D eigenvalue weighted by molar-refractivity contribution is -0.309. The molecule has 0 amide bonds. The number of aliphatic carboxylic acids is 1. The number of carbonyl (C=O) groups excluding carboxylic acids is 1. The predicted octanol–water partition coefficient (Wildman–Crippen LogP) is 1.14. The molecule has 0 aliphatic heterocycles. The molecule has 0 saturated heterocycles. The van der Waals surface area contributed by atoms with Gasteiger partial charge in [0.1, 0.15) is 0 Å². The van der Waals surface area contributed by atoms with Crippen molar-refractivity contribution in [3.05, 3.63) is 0 Å². The molecule has 0 heterocycles. The highest BCUT2D eigenvalue weighted by Gasteiger charge is 2.54. The Kier molecular flexibility index (Phi) is 2.34. The van der Waals surface area contributed by atoms with Gasteiger partial charge in [0.05, 0.1) is 9.39 Å². The van der Waals surface area contributed by atoms with E-state index in [0.717, 1.165) is 12.8 Å². The van der Waals surface area contributed by atoms with Crippen LogP contribution in [0.5, 0.6) is 0 Å². The summed E-state index contributed by atoms with van der Waals surface area (Å²) in [6, 6.07) is 0. The maximum Gasteiger partial charge on any atom is 0.0656 e. The standard InChI is InChI=1S/C8H10I2O2/c9-6-2-4-1-5(6)8(10,3-4)7(11)12/h4-6H,1-3H2,(H,11,12)/p-1. The molecule has 12 heavy (non-hydrogen) atoms. The number of carboxylic acids is 1. The Bertz CT molecular complexity index is 231. The Morgan fingerprint density at radius 1 is 1.50 bits per heavy atom. The van der Waals surface area contributed by atoms with Gasteiger partial charge in [-0.1, -0.05) is 45.2 Å². The van der Waals surface area contributed by atoms with Crippen molar-refractivity contribution in [2.24, 2.45) is 11.8 Å². The van der Waals surface area contributed by atoms with E-state index in [4.69, 9.17) is 0 Å². The molecule has 2 aliphatic carbocycles. The van der Waals surface area contributed by atoms with E-state index in [-0.39, 0.29) is 0 Å². The summed E-state index contributed by atoms with van der Waals surface area (Å²) < 4.78 is 0.00292. The molecule has 4 heteroatoms. The fraction of sp³-hybridized carbons (Fsp3) is 0.875. The molecular formula is C8H9I2O2-. The Balaban J connectivity index is 2.26. The molecule has 0 radical (unpaired) electrons. The van der Waals surface area contributed by atoms with E-state index in [0.29, 0.717) is 15.8 Å². The van der Waals surface area contributed by atoms with Crippen LogP contribution in [0, 0.1) is 11.8 Å². The van der Waals surface area contributed by atoms with Crippen molar-refractivity contribution in [1.82, 2.24) is 0 Å². The fourth-order valence-electron chi connectivity index (χ4n) is 2.53. The molecule has 0 aromatic rings. The maximum absolute atomic E-state index is 10.9. The summed E-state index contributed by atoms with van der Waals surface area (Å²) in [5.74, 6) is 0.150. The zero-order valence-electron chi connectivity index (χ0n) is 6.43. The fourth-order valence-corrected chi connectivity index (χ4v) is 6.16. The average Bonchev–Trinajstić information content (AvgIpc) is 2.43. The molecule has 2 rings (SSSR count). The average molecular weight is 391 g/mol.